The second kappa shape index (κ2) is 8.39. The molecule has 0 bridgehead atoms. The van der Waals surface area contributed by atoms with E-state index in [0.29, 0.717) is 13.1 Å². The zero-order valence-corrected chi connectivity index (χ0v) is 16.5. The van der Waals surface area contributed by atoms with Crippen molar-refractivity contribution in [3.8, 4) is 6.07 Å². The van der Waals surface area contributed by atoms with Crippen molar-refractivity contribution >= 4 is 5.91 Å². The Hall–Kier alpha value is -1.93. The third-order valence-corrected chi connectivity index (χ3v) is 6.25. The van der Waals surface area contributed by atoms with Gasteiger partial charge in [0.25, 0.3) is 0 Å². The van der Waals surface area contributed by atoms with Crippen LogP contribution in [-0.2, 0) is 10.2 Å². The number of amides is 1. The van der Waals surface area contributed by atoms with Crippen molar-refractivity contribution in [2.45, 2.75) is 57.4 Å². The van der Waals surface area contributed by atoms with Gasteiger partial charge in [0.05, 0.1) is 11.5 Å². The summed E-state index contributed by atoms with van der Waals surface area (Å²) in [4.78, 5) is 17.7. The molecule has 4 nitrogen and oxygen atoms in total. The number of halogens is 1. The molecule has 1 aliphatic carbocycles. The van der Waals surface area contributed by atoms with Gasteiger partial charge in [-0.25, -0.2) is 4.39 Å². The third-order valence-electron chi connectivity index (χ3n) is 6.25. The molecule has 2 aliphatic rings. The molecule has 27 heavy (non-hydrogen) atoms. The van der Waals surface area contributed by atoms with E-state index < -0.39 is 5.41 Å². The first kappa shape index (κ1) is 19.8. The summed E-state index contributed by atoms with van der Waals surface area (Å²) < 4.78 is 13.9. The minimum absolute atomic E-state index is 0.103. The number of piperazine rings is 1. The Bertz CT molecular complexity index is 698. The highest BCUT2D eigenvalue weighted by atomic mass is 19.1. The van der Waals surface area contributed by atoms with E-state index >= 15 is 0 Å². The van der Waals surface area contributed by atoms with Crippen LogP contribution in [-0.4, -0.2) is 47.9 Å². The number of carbonyl (C=O) groups is 1. The van der Waals surface area contributed by atoms with E-state index in [1.54, 1.807) is 12.1 Å². The third kappa shape index (κ3) is 4.01. The Morgan fingerprint density at radius 1 is 1.15 bits per heavy atom. The summed E-state index contributed by atoms with van der Waals surface area (Å²) in [5, 5.41) is 9.44. The molecule has 0 radical (unpaired) electrons. The summed E-state index contributed by atoms with van der Waals surface area (Å²) in [5.41, 5.74) is 0.238. The Morgan fingerprint density at radius 3 is 2.37 bits per heavy atom. The van der Waals surface area contributed by atoms with E-state index in [-0.39, 0.29) is 23.7 Å². The molecule has 1 amide bonds. The van der Waals surface area contributed by atoms with Crippen molar-refractivity contribution in [2.24, 2.45) is 5.92 Å². The lowest BCUT2D eigenvalue weighted by molar-refractivity contribution is -0.141. The van der Waals surface area contributed by atoms with Gasteiger partial charge in [-0.3, -0.25) is 9.69 Å². The Kier molecular flexibility index (Phi) is 6.16. The van der Waals surface area contributed by atoms with Crippen LogP contribution < -0.4 is 0 Å². The molecular formula is C22H30FN3O. The SMILES string of the molecule is CC(C)C(C#N)N1CCN(C(=O)C2(c3cccc(F)c3)CCCCC2)CC1. The highest BCUT2D eigenvalue weighted by molar-refractivity contribution is 5.88. The molecule has 1 saturated carbocycles. The van der Waals surface area contributed by atoms with Crippen LogP contribution >= 0.6 is 0 Å². The standard InChI is InChI=1S/C22H30FN3O/c1-17(2)20(16-24)25-11-13-26(14-12-25)21(27)22(9-4-3-5-10-22)18-7-6-8-19(23)15-18/h6-8,15,17,20H,3-5,9-14H2,1-2H3. The predicted molar refractivity (Wildman–Crippen MR) is 104 cm³/mol. The first-order valence-electron chi connectivity index (χ1n) is 10.2. The van der Waals surface area contributed by atoms with E-state index in [9.17, 15) is 14.4 Å². The highest BCUT2D eigenvalue weighted by Crippen LogP contribution is 2.41. The van der Waals surface area contributed by atoms with Crippen LogP contribution in [0.2, 0.25) is 0 Å². The predicted octanol–water partition coefficient (Wildman–Crippen LogP) is 3.72. The molecule has 1 aromatic carbocycles. The molecule has 1 saturated heterocycles. The van der Waals surface area contributed by atoms with Crippen LogP contribution in [0.3, 0.4) is 0 Å². The second-order valence-corrected chi connectivity index (χ2v) is 8.30. The molecular weight excluding hydrogens is 341 g/mol. The van der Waals surface area contributed by atoms with Crippen LogP contribution in [0, 0.1) is 23.1 Å². The van der Waals surface area contributed by atoms with Gasteiger partial charge in [0.1, 0.15) is 11.9 Å². The van der Waals surface area contributed by atoms with Crippen molar-refractivity contribution in [3.05, 3.63) is 35.6 Å². The van der Waals surface area contributed by atoms with E-state index in [2.05, 4.69) is 24.8 Å². The van der Waals surface area contributed by atoms with Gasteiger partial charge >= 0.3 is 0 Å². The zero-order valence-electron chi connectivity index (χ0n) is 16.5. The molecule has 0 spiro atoms. The van der Waals surface area contributed by atoms with E-state index in [0.717, 1.165) is 50.8 Å². The lowest BCUT2D eigenvalue weighted by Crippen LogP contribution is -2.57. The van der Waals surface area contributed by atoms with Crippen molar-refractivity contribution in [1.29, 1.82) is 5.26 Å². The minimum Gasteiger partial charge on any atom is -0.339 e. The first-order chi connectivity index (χ1) is 13.0. The number of hydrogen-bond acceptors (Lipinski definition) is 3. The van der Waals surface area contributed by atoms with Crippen molar-refractivity contribution in [1.82, 2.24) is 9.80 Å². The number of nitriles is 1. The van der Waals surface area contributed by atoms with Crippen molar-refractivity contribution < 1.29 is 9.18 Å². The maximum absolute atomic E-state index is 13.9. The summed E-state index contributed by atoms with van der Waals surface area (Å²) in [6.07, 6.45) is 4.74. The van der Waals surface area contributed by atoms with Gasteiger partial charge in [0.2, 0.25) is 5.91 Å². The number of benzene rings is 1. The monoisotopic (exact) mass is 371 g/mol. The summed E-state index contributed by atoms with van der Waals surface area (Å²) in [6.45, 7) is 6.85. The number of hydrogen-bond donors (Lipinski definition) is 0. The van der Waals surface area contributed by atoms with Gasteiger partial charge < -0.3 is 4.90 Å². The summed E-state index contributed by atoms with van der Waals surface area (Å²) in [7, 11) is 0. The first-order valence-corrected chi connectivity index (χ1v) is 10.2. The second-order valence-electron chi connectivity index (χ2n) is 8.30. The average molecular weight is 372 g/mol. The number of rotatable bonds is 4. The quantitative estimate of drug-likeness (QED) is 0.810. The number of nitrogens with zero attached hydrogens (tertiary/aromatic N) is 3. The topological polar surface area (TPSA) is 47.3 Å². The lowest BCUT2D eigenvalue weighted by Gasteiger charge is -2.44. The fraction of sp³-hybridized carbons (Fsp3) is 0.636. The number of carbonyl (C=O) groups excluding carboxylic acids is 1. The van der Waals surface area contributed by atoms with Gasteiger partial charge in [-0.05, 0) is 36.5 Å². The van der Waals surface area contributed by atoms with Crippen LogP contribution in [0.25, 0.3) is 0 Å². The molecule has 1 atom stereocenters. The zero-order chi connectivity index (χ0) is 19.4. The molecule has 3 rings (SSSR count). The largest absolute Gasteiger partial charge is 0.339 e. The molecule has 0 aromatic heterocycles. The van der Waals surface area contributed by atoms with Gasteiger partial charge in [-0.15, -0.1) is 0 Å². The van der Waals surface area contributed by atoms with Gasteiger partial charge in [0.15, 0.2) is 0 Å². The van der Waals surface area contributed by atoms with Gasteiger partial charge in [0, 0.05) is 26.2 Å². The molecule has 1 aliphatic heterocycles. The van der Waals surface area contributed by atoms with Gasteiger partial charge in [-0.2, -0.15) is 5.26 Å². The van der Waals surface area contributed by atoms with Crippen LogP contribution in [0.5, 0.6) is 0 Å². The van der Waals surface area contributed by atoms with Crippen LogP contribution in [0.4, 0.5) is 4.39 Å². The fourth-order valence-electron chi connectivity index (χ4n) is 4.73. The molecule has 1 heterocycles. The fourth-order valence-corrected chi connectivity index (χ4v) is 4.73. The lowest BCUT2D eigenvalue weighted by atomic mass is 9.68. The van der Waals surface area contributed by atoms with E-state index in [4.69, 9.17) is 0 Å². The highest BCUT2D eigenvalue weighted by Gasteiger charge is 2.44. The van der Waals surface area contributed by atoms with Crippen LogP contribution in [0.1, 0.15) is 51.5 Å². The normalized spacial score (nSPS) is 21.7. The van der Waals surface area contributed by atoms with Gasteiger partial charge in [-0.1, -0.05) is 45.2 Å². The maximum Gasteiger partial charge on any atom is 0.233 e. The summed E-state index contributed by atoms with van der Waals surface area (Å²) in [5.74, 6) is 0.142. The van der Waals surface area contributed by atoms with E-state index in [1.165, 1.54) is 6.07 Å². The Labute approximate surface area is 161 Å². The molecule has 1 aromatic rings. The smallest absolute Gasteiger partial charge is 0.233 e. The Balaban J connectivity index is 1.78. The maximum atomic E-state index is 13.9. The molecule has 146 valence electrons. The van der Waals surface area contributed by atoms with Crippen LogP contribution in [0.15, 0.2) is 24.3 Å². The minimum atomic E-state index is -0.588. The van der Waals surface area contributed by atoms with Crippen molar-refractivity contribution in [3.63, 3.8) is 0 Å². The molecule has 5 heteroatoms. The van der Waals surface area contributed by atoms with Crippen molar-refractivity contribution in [2.75, 3.05) is 26.2 Å². The van der Waals surface area contributed by atoms with E-state index in [1.807, 2.05) is 11.0 Å². The molecule has 0 N–H and O–H groups in total. The summed E-state index contributed by atoms with van der Waals surface area (Å²) >= 11 is 0. The molecule has 1 unspecified atom stereocenters. The average Bonchev–Trinajstić information content (AvgIpc) is 2.69. The Morgan fingerprint density at radius 2 is 1.81 bits per heavy atom. The molecule has 2 fully saturated rings. The summed E-state index contributed by atoms with van der Waals surface area (Å²) in [6, 6.07) is 8.91.